The number of H-pyrrole nitrogens is 1. The number of halogens is 1. The molecule has 2 aromatic heterocycles. The first kappa shape index (κ1) is 12.5. The number of anilines is 1. The van der Waals surface area contributed by atoms with E-state index in [2.05, 4.69) is 25.3 Å². The molecule has 18 heavy (non-hydrogen) atoms. The van der Waals surface area contributed by atoms with Crippen LogP contribution in [0.2, 0.25) is 5.15 Å². The van der Waals surface area contributed by atoms with Crippen LogP contribution in [-0.2, 0) is 6.42 Å². The van der Waals surface area contributed by atoms with Gasteiger partial charge in [-0.1, -0.05) is 11.6 Å². The minimum Gasteiger partial charge on any atom is -0.369 e. The van der Waals surface area contributed by atoms with Crippen LogP contribution in [0, 0.1) is 6.92 Å². The monoisotopic (exact) mass is 265 g/mol. The number of hydrogen-bond acceptors (Lipinski definition) is 5. The maximum absolute atomic E-state index is 10.9. The first-order valence-corrected chi connectivity index (χ1v) is 5.80. The summed E-state index contributed by atoms with van der Waals surface area (Å²) in [5.41, 5.74) is 0.279. The molecule has 0 aromatic carbocycles. The Kier molecular flexibility index (Phi) is 3.88. The van der Waals surface area contributed by atoms with Gasteiger partial charge in [0.2, 0.25) is 0 Å². The van der Waals surface area contributed by atoms with Crippen molar-refractivity contribution in [2.45, 2.75) is 13.3 Å². The van der Waals surface area contributed by atoms with Crippen LogP contribution in [0.15, 0.2) is 12.4 Å². The molecule has 0 aliphatic rings. The fourth-order valence-electron chi connectivity index (χ4n) is 1.52. The number of nitrogens with zero attached hydrogens (tertiary/aromatic N) is 3. The molecule has 0 aliphatic carbocycles. The first-order chi connectivity index (χ1) is 8.70. The number of rotatable bonds is 5. The van der Waals surface area contributed by atoms with E-state index in [4.69, 9.17) is 11.6 Å². The third-order valence-corrected chi connectivity index (χ3v) is 2.63. The van der Waals surface area contributed by atoms with Crippen molar-refractivity contribution in [2.75, 3.05) is 11.9 Å². The van der Waals surface area contributed by atoms with Crippen LogP contribution in [0.3, 0.4) is 0 Å². The van der Waals surface area contributed by atoms with Crippen LogP contribution in [0.25, 0.3) is 0 Å². The van der Waals surface area contributed by atoms with E-state index in [1.54, 1.807) is 19.3 Å². The van der Waals surface area contributed by atoms with Crippen LogP contribution in [-0.4, -0.2) is 32.8 Å². The van der Waals surface area contributed by atoms with Gasteiger partial charge in [0.25, 0.3) is 0 Å². The fraction of sp³-hybridized carbons (Fsp3) is 0.273. The highest BCUT2D eigenvalue weighted by molar-refractivity contribution is 6.32. The number of aromatic nitrogens is 4. The lowest BCUT2D eigenvalue weighted by atomic mass is 10.3. The number of aldehydes is 1. The SMILES string of the molecule is Cc1nc(Cl)c(C=O)c(NCCc2ncc[nH]2)n1. The molecular formula is C11H12ClN5O. The second-order valence-electron chi connectivity index (χ2n) is 3.65. The van der Waals surface area contributed by atoms with Gasteiger partial charge in [-0.15, -0.1) is 0 Å². The van der Waals surface area contributed by atoms with Gasteiger partial charge in [-0.2, -0.15) is 0 Å². The van der Waals surface area contributed by atoms with Crippen molar-refractivity contribution in [1.29, 1.82) is 0 Å². The van der Waals surface area contributed by atoms with Crippen molar-refractivity contribution < 1.29 is 4.79 Å². The van der Waals surface area contributed by atoms with Crippen LogP contribution in [0.5, 0.6) is 0 Å². The van der Waals surface area contributed by atoms with E-state index in [9.17, 15) is 4.79 Å². The largest absolute Gasteiger partial charge is 0.369 e. The van der Waals surface area contributed by atoms with Crippen molar-refractivity contribution in [3.8, 4) is 0 Å². The van der Waals surface area contributed by atoms with Crippen molar-refractivity contribution in [1.82, 2.24) is 19.9 Å². The third-order valence-electron chi connectivity index (χ3n) is 2.34. The number of aryl methyl sites for hydroxylation is 1. The normalized spacial score (nSPS) is 10.3. The molecule has 0 aliphatic heterocycles. The van der Waals surface area contributed by atoms with Gasteiger partial charge < -0.3 is 10.3 Å². The topological polar surface area (TPSA) is 83.6 Å². The molecule has 2 heterocycles. The molecule has 94 valence electrons. The van der Waals surface area contributed by atoms with Gasteiger partial charge >= 0.3 is 0 Å². The predicted octanol–water partition coefficient (Wildman–Crippen LogP) is 1.63. The molecule has 2 aromatic rings. The zero-order chi connectivity index (χ0) is 13.0. The number of carbonyl (C=O) groups excluding carboxylic acids is 1. The molecule has 0 saturated carbocycles. The van der Waals surface area contributed by atoms with Crippen molar-refractivity contribution >= 4 is 23.7 Å². The first-order valence-electron chi connectivity index (χ1n) is 5.42. The van der Waals surface area contributed by atoms with Crippen molar-refractivity contribution in [2.24, 2.45) is 0 Å². The van der Waals surface area contributed by atoms with E-state index < -0.39 is 0 Å². The molecule has 0 bridgehead atoms. The molecule has 2 rings (SSSR count). The fourth-order valence-corrected chi connectivity index (χ4v) is 1.78. The number of hydrogen-bond donors (Lipinski definition) is 2. The van der Waals surface area contributed by atoms with Crippen LogP contribution >= 0.6 is 11.6 Å². The van der Waals surface area contributed by atoms with E-state index in [1.807, 2.05) is 0 Å². The predicted molar refractivity (Wildman–Crippen MR) is 67.9 cm³/mol. The molecular weight excluding hydrogens is 254 g/mol. The number of carbonyl (C=O) groups is 1. The Morgan fingerprint density at radius 2 is 2.33 bits per heavy atom. The summed E-state index contributed by atoms with van der Waals surface area (Å²) in [6.07, 6.45) is 4.80. The molecule has 6 nitrogen and oxygen atoms in total. The third kappa shape index (κ3) is 2.84. The molecule has 0 amide bonds. The second kappa shape index (κ2) is 5.59. The van der Waals surface area contributed by atoms with Gasteiger partial charge in [-0.3, -0.25) is 4.79 Å². The molecule has 2 N–H and O–H groups in total. The summed E-state index contributed by atoms with van der Waals surface area (Å²) in [4.78, 5) is 26.1. The second-order valence-corrected chi connectivity index (χ2v) is 4.01. The lowest BCUT2D eigenvalue weighted by Crippen LogP contribution is -2.11. The Hall–Kier alpha value is -1.95. The Morgan fingerprint density at radius 3 is 3.00 bits per heavy atom. The summed E-state index contributed by atoms with van der Waals surface area (Å²) in [5, 5.41) is 3.22. The minimum atomic E-state index is 0.165. The van der Waals surface area contributed by atoms with E-state index >= 15 is 0 Å². The van der Waals surface area contributed by atoms with E-state index in [-0.39, 0.29) is 10.7 Å². The van der Waals surface area contributed by atoms with Gasteiger partial charge in [0, 0.05) is 25.4 Å². The zero-order valence-corrected chi connectivity index (χ0v) is 10.5. The molecule has 0 unspecified atom stereocenters. The number of nitrogens with one attached hydrogen (secondary N) is 2. The molecule has 7 heteroatoms. The highest BCUT2D eigenvalue weighted by atomic mass is 35.5. The van der Waals surface area contributed by atoms with E-state index in [1.165, 1.54) is 0 Å². The van der Waals surface area contributed by atoms with Crippen LogP contribution in [0.1, 0.15) is 22.0 Å². The van der Waals surface area contributed by atoms with Gasteiger partial charge in [0.15, 0.2) is 6.29 Å². The highest BCUT2D eigenvalue weighted by Gasteiger charge is 2.10. The zero-order valence-electron chi connectivity index (χ0n) is 9.77. The molecule has 0 spiro atoms. The van der Waals surface area contributed by atoms with Crippen molar-refractivity contribution in [3.63, 3.8) is 0 Å². The maximum atomic E-state index is 10.9. The summed E-state index contributed by atoms with van der Waals surface area (Å²) in [6, 6.07) is 0. The molecule has 0 saturated heterocycles. The van der Waals surface area contributed by atoms with Gasteiger partial charge in [-0.05, 0) is 6.92 Å². The highest BCUT2D eigenvalue weighted by Crippen LogP contribution is 2.18. The summed E-state index contributed by atoms with van der Waals surface area (Å²) >= 11 is 5.87. The molecule has 0 radical (unpaired) electrons. The van der Waals surface area contributed by atoms with E-state index in [0.29, 0.717) is 30.9 Å². The van der Waals surface area contributed by atoms with Gasteiger partial charge in [-0.25, -0.2) is 15.0 Å². The summed E-state index contributed by atoms with van der Waals surface area (Å²) in [6.45, 7) is 2.32. The number of aromatic amines is 1. The Bertz CT molecular complexity index is 541. The summed E-state index contributed by atoms with van der Waals surface area (Å²) in [7, 11) is 0. The molecule has 0 atom stereocenters. The summed E-state index contributed by atoms with van der Waals surface area (Å²) < 4.78 is 0. The number of imidazole rings is 1. The lowest BCUT2D eigenvalue weighted by molar-refractivity contribution is 0.112. The summed E-state index contributed by atoms with van der Waals surface area (Å²) in [5.74, 6) is 1.84. The Morgan fingerprint density at radius 1 is 1.50 bits per heavy atom. The smallest absolute Gasteiger partial charge is 0.156 e. The average molecular weight is 266 g/mol. The maximum Gasteiger partial charge on any atom is 0.156 e. The van der Waals surface area contributed by atoms with Gasteiger partial charge in [0.1, 0.15) is 22.6 Å². The Balaban J connectivity index is 2.06. The van der Waals surface area contributed by atoms with Gasteiger partial charge in [0.05, 0.1) is 5.56 Å². The minimum absolute atomic E-state index is 0.165. The Labute approximate surface area is 109 Å². The quantitative estimate of drug-likeness (QED) is 0.634. The van der Waals surface area contributed by atoms with Crippen molar-refractivity contribution in [3.05, 3.63) is 34.8 Å². The van der Waals surface area contributed by atoms with Crippen LogP contribution < -0.4 is 5.32 Å². The average Bonchev–Trinajstić information content (AvgIpc) is 2.81. The van der Waals surface area contributed by atoms with E-state index in [0.717, 1.165) is 5.82 Å². The standard InChI is InChI=1S/C11H12ClN5O/c1-7-16-10(12)8(6-18)11(17-7)15-3-2-9-13-4-5-14-9/h4-6H,2-3H2,1H3,(H,13,14)(H,15,16,17). The van der Waals surface area contributed by atoms with Crippen LogP contribution in [0.4, 0.5) is 5.82 Å². The lowest BCUT2D eigenvalue weighted by Gasteiger charge is -2.08. The molecule has 0 fully saturated rings.